The summed E-state index contributed by atoms with van der Waals surface area (Å²) in [5.74, 6) is -0.0406. The largest absolute Gasteiger partial charge is 0.398 e. The summed E-state index contributed by atoms with van der Waals surface area (Å²) in [5, 5.41) is 9.16. The first-order valence-electron chi connectivity index (χ1n) is 5.10. The van der Waals surface area contributed by atoms with Crippen molar-refractivity contribution in [2.75, 3.05) is 18.6 Å². The third-order valence-electron chi connectivity index (χ3n) is 2.62. The van der Waals surface area contributed by atoms with Crippen molar-refractivity contribution in [1.82, 2.24) is 0 Å². The molecular formula is C11H17NO3S. The number of aliphatic hydroxyl groups is 1. The Hall–Kier alpha value is -1.07. The summed E-state index contributed by atoms with van der Waals surface area (Å²) >= 11 is 0. The smallest absolute Gasteiger partial charge is 0.177 e. The molecule has 1 aromatic rings. The van der Waals surface area contributed by atoms with Gasteiger partial charge in [0, 0.05) is 18.8 Å². The van der Waals surface area contributed by atoms with Crippen LogP contribution < -0.4 is 5.73 Å². The average Bonchev–Trinajstić information content (AvgIpc) is 2.20. The molecule has 0 heterocycles. The number of nitrogens with two attached hydrogens (primary N) is 1. The van der Waals surface area contributed by atoms with Gasteiger partial charge in [0.05, 0.1) is 10.6 Å². The van der Waals surface area contributed by atoms with Crippen LogP contribution in [-0.4, -0.2) is 26.4 Å². The summed E-state index contributed by atoms with van der Waals surface area (Å²) in [6.07, 6.45) is 1.88. The number of hydrogen-bond donors (Lipinski definition) is 2. The summed E-state index contributed by atoms with van der Waals surface area (Å²) in [5.41, 5.74) is 6.67. The van der Waals surface area contributed by atoms with Crippen LogP contribution in [0.2, 0.25) is 0 Å². The van der Waals surface area contributed by atoms with Gasteiger partial charge in [-0.2, -0.15) is 0 Å². The highest BCUT2D eigenvalue weighted by Crippen LogP contribution is 2.25. The highest BCUT2D eigenvalue weighted by molar-refractivity contribution is 7.90. The Labute approximate surface area is 96.0 Å². The van der Waals surface area contributed by atoms with E-state index in [2.05, 4.69) is 0 Å². The van der Waals surface area contributed by atoms with E-state index in [1.165, 1.54) is 0 Å². The van der Waals surface area contributed by atoms with Crippen molar-refractivity contribution in [2.24, 2.45) is 0 Å². The van der Waals surface area contributed by atoms with Crippen LogP contribution in [0, 0.1) is 0 Å². The van der Waals surface area contributed by atoms with Crippen LogP contribution in [0.1, 0.15) is 24.8 Å². The van der Waals surface area contributed by atoms with Crippen LogP contribution >= 0.6 is 0 Å². The van der Waals surface area contributed by atoms with Crippen molar-refractivity contribution in [1.29, 1.82) is 0 Å². The lowest BCUT2D eigenvalue weighted by Crippen LogP contribution is -2.07. The molecule has 0 radical (unpaired) electrons. The number of anilines is 1. The molecule has 1 atom stereocenters. The van der Waals surface area contributed by atoms with E-state index in [-0.39, 0.29) is 23.1 Å². The lowest BCUT2D eigenvalue weighted by Gasteiger charge is -2.14. The van der Waals surface area contributed by atoms with E-state index in [0.717, 1.165) is 18.2 Å². The van der Waals surface area contributed by atoms with Crippen molar-refractivity contribution in [2.45, 2.75) is 24.2 Å². The fraction of sp³-hybridized carbons (Fsp3) is 0.455. The van der Waals surface area contributed by atoms with E-state index in [0.29, 0.717) is 0 Å². The van der Waals surface area contributed by atoms with Crippen molar-refractivity contribution in [3.8, 4) is 0 Å². The lowest BCUT2D eigenvalue weighted by molar-refractivity contribution is 0.262. The summed E-state index contributed by atoms with van der Waals surface area (Å²) in [6, 6.07) is 4.88. The number of benzene rings is 1. The quantitative estimate of drug-likeness (QED) is 0.778. The molecule has 0 saturated carbocycles. The topological polar surface area (TPSA) is 80.4 Å². The molecule has 1 aromatic carbocycles. The Morgan fingerprint density at radius 3 is 2.50 bits per heavy atom. The average molecular weight is 243 g/mol. The van der Waals surface area contributed by atoms with Gasteiger partial charge in [-0.1, -0.05) is 13.0 Å². The summed E-state index contributed by atoms with van der Waals surface area (Å²) in [7, 11) is -3.31. The Balaban J connectivity index is 3.27. The van der Waals surface area contributed by atoms with Crippen LogP contribution in [-0.2, 0) is 9.84 Å². The van der Waals surface area contributed by atoms with Crippen molar-refractivity contribution in [3.63, 3.8) is 0 Å². The van der Waals surface area contributed by atoms with Crippen molar-refractivity contribution < 1.29 is 13.5 Å². The van der Waals surface area contributed by atoms with Gasteiger partial charge in [-0.3, -0.25) is 0 Å². The molecule has 0 aliphatic rings. The van der Waals surface area contributed by atoms with E-state index < -0.39 is 9.84 Å². The van der Waals surface area contributed by atoms with Crippen LogP contribution in [0.5, 0.6) is 0 Å². The molecule has 0 spiro atoms. The fourth-order valence-electron chi connectivity index (χ4n) is 1.60. The number of rotatable bonds is 4. The molecule has 1 unspecified atom stereocenters. The minimum Gasteiger partial charge on any atom is -0.398 e. The zero-order valence-electron chi connectivity index (χ0n) is 9.47. The van der Waals surface area contributed by atoms with Crippen LogP contribution in [0.15, 0.2) is 23.1 Å². The fourth-order valence-corrected chi connectivity index (χ4v) is 2.44. The second-order valence-corrected chi connectivity index (χ2v) is 5.84. The number of sulfone groups is 1. The van der Waals surface area contributed by atoms with Crippen LogP contribution in [0.25, 0.3) is 0 Å². The zero-order chi connectivity index (χ0) is 12.3. The van der Waals surface area contributed by atoms with Gasteiger partial charge < -0.3 is 10.8 Å². The van der Waals surface area contributed by atoms with E-state index in [1.807, 2.05) is 6.92 Å². The third kappa shape index (κ3) is 2.74. The highest BCUT2D eigenvalue weighted by atomic mass is 32.2. The van der Waals surface area contributed by atoms with Crippen molar-refractivity contribution >= 4 is 15.5 Å². The molecule has 90 valence electrons. The van der Waals surface area contributed by atoms with E-state index in [9.17, 15) is 8.42 Å². The van der Waals surface area contributed by atoms with Gasteiger partial charge >= 0.3 is 0 Å². The molecule has 0 amide bonds. The van der Waals surface area contributed by atoms with Crippen molar-refractivity contribution in [3.05, 3.63) is 23.8 Å². The molecule has 0 aromatic heterocycles. The standard InChI is InChI=1S/C11H17NO3S/c1-3-8(7-13)9-4-5-10(12)11(6-9)16(2,14)15/h4-6,8,13H,3,7,12H2,1-2H3. The number of nitrogen functional groups attached to an aromatic ring is 1. The molecule has 1 rings (SSSR count). The maximum Gasteiger partial charge on any atom is 0.177 e. The first-order chi connectivity index (χ1) is 7.40. The van der Waals surface area contributed by atoms with Gasteiger partial charge in [0.2, 0.25) is 0 Å². The van der Waals surface area contributed by atoms with E-state index in [1.54, 1.807) is 18.2 Å². The van der Waals surface area contributed by atoms with E-state index in [4.69, 9.17) is 10.8 Å². The van der Waals surface area contributed by atoms with Crippen LogP contribution in [0.3, 0.4) is 0 Å². The Morgan fingerprint density at radius 1 is 1.44 bits per heavy atom. The summed E-state index contributed by atoms with van der Waals surface area (Å²) in [4.78, 5) is 0.136. The summed E-state index contributed by atoms with van der Waals surface area (Å²) in [6.45, 7) is 1.95. The molecule has 4 nitrogen and oxygen atoms in total. The number of aliphatic hydroxyl groups excluding tert-OH is 1. The monoisotopic (exact) mass is 243 g/mol. The molecule has 5 heteroatoms. The Morgan fingerprint density at radius 2 is 2.06 bits per heavy atom. The first kappa shape index (κ1) is 13.0. The normalized spacial score (nSPS) is 13.7. The lowest BCUT2D eigenvalue weighted by atomic mass is 9.97. The predicted octanol–water partition coefficient (Wildman–Crippen LogP) is 1.16. The maximum absolute atomic E-state index is 11.5. The highest BCUT2D eigenvalue weighted by Gasteiger charge is 2.15. The SMILES string of the molecule is CCC(CO)c1ccc(N)c(S(C)(=O)=O)c1. The molecule has 16 heavy (non-hydrogen) atoms. The van der Waals surface area contributed by atoms with Gasteiger partial charge in [0.15, 0.2) is 9.84 Å². The van der Waals surface area contributed by atoms with E-state index >= 15 is 0 Å². The molecule has 0 saturated heterocycles. The Bertz CT molecular complexity index is 464. The second-order valence-electron chi connectivity index (χ2n) is 3.86. The van der Waals surface area contributed by atoms with Gasteiger partial charge in [-0.15, -0.1) is 0 Å². The van der Waals surface area contributed by atoms with Crippen LogP contribution in [0.4, 0.5) is 5.69 Å². The van der Waals surface area contributed by atoms with Gasteiger partial charge in [-0.25, -0.2) is 8.42 Å². The minimum absolute atomic E-state index is 0.00359. The third-order valence-corrected chi connectivity index (χ3v) is 3.77. The van der Waals surface area contributed by atoms with Gasteiger partial charge in [0.1, 0.15) is 0 Å². The molecule has 0 aliphatic carbocycles. The number of hydrogen-bond acceptors (Lipinski definition) is 4. The second kappa shape index (κ2) is 4.84. The first-order valence-corrected chi connectivity index (χ1v) is 6.99. The molecule has 3 N–H and O–H groups in total. The summed E-state index contributed by atoms with van der Waals surface area (Å²) < 4.78 is 22.9. The zero-order valence-corrected chi connectivity index (χ0v) is 10.3. The van der Waals surface area contributed by atoms with Gasteiger partial charge in [-0.05, 0) is 24.1 Å². The maximum atomic E-state index is 11.5. The van der Waals surface area contributed by atoms with Gasteiger partial charge in [0.25, 0.3) is 0 Å². The predicted molar refractivity (Wildman–Crippen MR) is 64.1 cm³/mol. The molecule has 0 fully saturated rings. The Kier molecular flexibility index (Phi) is 3.93. The molecule has 0 bridgehead atoms. The molecule has 0 aliphatic heterocycles. The minimum atomic E-state index is -3.31. The molecular weight excluding hydrogens is 226 g/mol.